The van der Waals surface area contributed by atoms with Gasteiger partial charge in [0.1, 0.15) is 17.3 Å². The predicted octanol–water partition coefficient (Wildman–Crippen LogP) is 2.04. The molecule has 0 unspecified atom stereocenters. The lowest BCUT2D eigenvalue weighted by atomic mass is 9.94. The number of benzene rings is 1. The number of ketones is 1. The Bertz CT molecular complexity index is 1090. The summed E-state index contributed by atoms with van der Waals surface area (Å²) in [4.78, 5) is 29.7. The molecule has 2 aromatic rings. The van der Waals surface area contributed by atoms with Crippen LogP contribution in [0.2, 0.25) is 0 Å². The molecule has 9 nitrogen and oxygen atoms in total. The third kappa shape index (κ3) is 3.95. The highest BCUT2D eigenvalue weighted by Gasteiger charge is 2.47. The average molecular weight is 443 g/mol. The van der Waals surface area contributed by atoms with E-state index in [0.29, 0.717) is 47.1 Å². The zero-order chi connectivity index (χ0) is 23.7. The standard InChI is InChI=1S/C23H30N4O5/c1-13-18(14(2)26(5)24-13)21(28)19-20(16-12-15(31-6)8-9-17(16)32-7)27(11-10-25(3)4)23(30)22(19)29/h8-9,12,20,28H,10-11H2,1-7H3/t20-/m0/s1. The van der Waals surface area contributed by atoms with E-state index in [4.69, 9.17) is 9.47 Å². The number of likely N-dealkylation sites (tertiary alicyclic amines) is 1. The van der Waals surface area contributed by atoms with Gasteiger partial charge in [0.2, 0.25) is 0 Å². The summed E-state index contributed by atoms with van der Waals surface area (Å²) < 4.78 is 12.6. The van der Waals surface area contributed by atoms with Gasteiger partial charge in [-0.25, -0.2) is 0 Å². The smallest absolute Gasteiger partial charge is 0.295 e. The number of Topliss-reactive ketones (excluding diaryl/α,β-unsaturated/α-hetero) is 1. The summed E-state index contributed by atoms with van der Waals surface area (Å²) in [7, 11) is 8.60. The second-order valence-electron chi connectivity index (χ2n) is 8.07. The fraction of sp³-hybridized carbons (Fsp3) is 0.435. The molecule has 172 valence electrons. The van der Waals surface area contributed by atoms with E-state index in [1.54, 1.807) is 43.8 Å². The Labute approximate surface area is 187 Å². The van der Waals surface area contributed by atoms with Crippen molar-refractivity contribution in [2.75, 3.05) is 41.4 Å². The van der Waals surface area contributed by atoms with Crippen LogP contribution in [0.15, 0.2) is 23.8 Å². The minimum Gasteiger partial charge on any atom is -0.507 e. The average Bonchev–Trinajstić information content (AvgIpc) is 3.16. The molecule has 0 spiro atoms. The quantitative estimate of drug-likeness (QED) is 0.398. The molecule has 1 amide bonds. The van der Waals surface area contributed by atoms with Crippen LogP contribution < -0.4 is 9.47 Å². The maximum atomic E-state index is 13.2. The first kappa shape index (κ1) is 23.3. The maximum Gasteiger partial charge on any atom is 0.295 e. The number of methoxy groups -OCH3 is 2. The second-order valence-corrected chi connectivity index (χ2v) is 8.07. The molecule has 1 aromatic heterocycles. The lowest BCUT2D eigenvalue weighted by Crippen LogP contribution is -2.35. The number of carbonyl (C=O) groups is 2. The summed E-state index contributed by atoms with van der Waals surface area (Å²) in [6, 6.07) is 4.36. The van der Waals surface area contributed by atoms with Crippen LogP contribution in [0.1, 0.15) is 28.6 Å². The van der Waals surface area contributed by atoms with Crippen LogP contribution in [-0.4, -0.2) is 77.8 Å². The van der Waals surface area contributed by atoms with Crippen LogP contribution in [0.3, 0.4) is 0 Å². The van der Waals surface area contributed by atoms with Gasteiger partial charge in [0.25, 0.3) is 11.7 Å². The molecule has 1 aliphatic heterocycles. The number of rotatable bonds is 7. The van der Waals surface area contributed by atoms with Gasteiger partial charge in [-0.1, -0.05) is 0 Å². The molecule has 1 aliphatic rings. The lowest BCUT2D eigenvalue weighted by molar-refractivity contribution is -0.140. The van der Waals surface area contributed by atoms with Gasteiger partial charge >= 0.3 is 0 Å². The third-order valence-corrected chi connectivity index (χ3v) is 5.81. The first-order chi connectivity index (χ1) is 15.1. The number of nitrogens with zero attached hydrogens (tertiary/aromatic N) is 4. The van der Waals surface area contributed by atoms with Gasteiger partial charge in [-0.05, 0) is 46.1 Å². The van der Waals surface area contributed by atoms with Gasteiger partial charge in [0, 0.05) is 31.4 Å². The van der Waals surface area contributed by atoms with E-state index in [1.807, 2.05) is 19.0 Å². The number of aryl methyl sites for hydroxylation is 2. The SMILES string of the molecule is COc1ccc(OC)c([C@H]2C(=C(O)c3c(C)nn(C)c3C)C(=O)C(=O)N2CCN(C)C)c1. The highest BCUT2D eigenvalue weighted by Crippen LogP contribution is 2.44. The van der Waals surface area contributed by atoms with Crippen molar-refractivity contribution in [2.45, 2.75) is 19.9 Å². The molecule has 0 saturated carbocycles. The van der Waals surface area contributed by atoms with Gasteiger partial charge in [0.05, 0.1) is 37.1 Å². The van der Waals surface area contributed by atoms with E-state index >= 15 is 0 Å². The minimum absolute atomic E-state index is 0.0134. The number of hydrogen-bond donors (Lipinski definition) is 1. The second kappa shape index (κ2) is 9.04. The Kier molecular flexibility index (Phi) is 6.59. The van der Waals surface area contributed by atoms with Crippen molar-refractivity contribution >= 4 is 17.4 Å². The Morgan fingerprint density at radius 2 is 1.88 bits per heavy atom. The summed E-state index contributed by atoms with van der Waals surface area (Å²) in [5.41, 5.74) is 2.28. The Morgan fingerprint density at radius 3 is 2.41 bits per heavy atom. The molecule has 1 atom stereocenters. The van der Waals surface area contributed by atoms with E-state index in [1.165, 1.54) is 19.1 Å². The molecule has 32 heavy (non-hydrogen) atoms. The number of amides is 1. The molecule has 1 saturated heterocycles. The summed E-state index contributed by atoms with van der Waals surface area (Å²) in [6.45, 7) is 4.40. The van der Waals surface area contributed by atoms with Crippen LogP contribution in [-0.2, 0) is 16.6 Å². The van der Waals surface area contributed by atoms with Crippen LogP contribution in [0, 0.1) is 13.8 Å². The number of hydrogen-bond acceptors (Lipinski definition) is 7. The fourth-order valence-corrected chi connectivity index (χ4v) is 4.05. The van der Waals surface area contributed by atoms with Crippen molar-refractivity contribution in [2.24, 2.45) is 7.05 Å². The monoisotopic (exact) mass is 442 g/mol. The van der Waals surface area contributed by atoms with Crippen molar-refractivity contribution in [3.05, 3.63) is 46.3 Å². The van der Waals surface area contributed by atoms with Crippen molar-refractivity contribution in [1.29, 1.82) is 0 Å². The first-order valence-electron chi connectivity index (χ1n) is 10.3. The molecule has 2 heterocycles. The Morgan fingerprint density at radius 1 is 1.19 bits per heavy atom. The van der Waals surface area contributed by atoms with Gasteiger partial charge < -0.3 is 24.4 Å². The van der Waals surface area contributed by atoms with Crippen molar-refractivity contribution < 1.29 is 24.2 Å². The number of aliphatic hydroxyl groups excluding tert-OH is 1. The molecule has 0 aliphatic carbocycles. The van der Waals surface area contributed by atoms with Crippen molar-refractivity contribution in [3.8, 4) is 11.5 Å². The van der Waals surface area contributed by atoms with E-state index < -0.39 is 17.7 Å². The lowest BCUT2D eigenvalue weighted by Gasteiger charge is -2.28. The summed E-state index contributed by atoms with van der Waals surface area (Å²) in [5.74, 6) is -0.610. The molecule has 9 heteroatoms. The number of likely N-dealkylation sites (N-methyl/N-ethyl adjacent to an activating group) is 1. The number of ether oxygens (including phenoxy) is 2. The Hall–Kier alpha value is -3.33. The molecular weight excluding hydrogens is 412 g/mol. The normalized spacial score (nSPS) is 18.0. The molecule has 0 bridgehead atoms. The van der Waals surface area contributed by atoms with Gasteiger partial charge in [-0.2, -0.15) is 5.10 Å². The first-order valence-corrected chi connectivity index (χ1v) is 10.3. The highest BCUT2D eigenvalue weighted by molar-refractivity contribution is 6.46. The number of aliphatic hydroxyl groups is 1. The van der Waals surface area contributed by atoms with Crippen LogP contribution in [0.4, 0.5) is 0 Å². The zero-order valence-electron chi connectivity index (χ0n) is 19.6. The van der Waals surface area contributed by atoms with Gasteiger partial charge in [-0.15, -0.1) is 0 Å². The number of carbonyl (C=O) groups excluding carboxylic acids is 2. The molecule has 3 rings (SSSR count). The van der Waals surface area contributed by atoms with Crippen molar-refractivity contribution in [1.82, 2.24) is 19.6 Å². The molecular formula is C23H30N4O5. The van der Waals surface area contributed by atoms with Crippen LogP contribution >= 0.6 is 0 Å². The van der Waals surface area contributed by atoms with Crippen LogP contribution in [0.5, 0.6) is 11.5 Å². The molecule has 1 fully saturated rings. The molecule has 1 N–H and O–H groups in total. The number of aromatic nitrogens is 2. The summed E-state index contributed by atoms with van der Waals surface area (Å²) in [6.07, 6.45) is 0. The van der Waals surface area contributed by atoms with E-state index in [-0.39, 0.29) is 11.3 Å². The maximum absolute atomic E-state index is 13.2. The minimum atomic E-state index is -0.834. The predicted molar refractivity (Wildman–Crippen MR) is 120 cm³/mol. The summed E-state index contributed by atoms with van der Waals surface area (Å²) >= 11 is 0. The molecule has 0 radical (unpaired) electrons. The zero-order valence-corrected chi connectivity index (χ0v) is 19.6. The fourth-order valence-electron chi connectivity index (χ4n) is 4.05. The highest BCUT2D eigenvalue weighted by atomic mass is 16.5. The summed E-state index contributed by atoms with van der Waals surface area (Å²) in [5, 5.41) is 15.7. The van der Waals surface area contributed by atoms with E-state index in [9.17, 15) is 14.7 Å². The topological polar surface area (TPSA) is 97.1 Å². The van der Waals surface area contributed by atoms with Gasteiger partial charge in [0.15, 0.2) is 0 Å². The Balaban J connectivity index is 2.30. The largest absolute Gasteiger partial charge is 0.507 e. The van der Waals surface area contributed by atoms with Crippen molar-refractivity contribution in [3.63, 3.8) is 0 Å². The molecule has 1 aromatic carbocycles. The van der Waals surface area contributed by atoms with E-state index in [2.05, 4.69) is 5.10 Å². The van der Waals surface area contributed by atoms with Gasteiger partial charge in [-0.3, -0.25) is 14.3 Å². The third-order valence-electron chi connectivity index (χ3n) is 5.81. The van der Waals surface area contributed by atoms with Crippen LogP contribution in [0.25, 0.3) is 5.76 Å². The van der Waals surface area contributed by atoms with E-state index in [0.717, 1.165) is 0 Å².